The zero-order chi connectivity index (χ0) is 14.8. The van der Waals surface area contributed by atoms with Crippen LogP contribution in [0.25, 0.3) is 11.4 Å². The van der Waals surface area contributed by atoms with E-state index in [0.717, 1.165) is 28.8 Å². The minimum atomic E-state index is -0.425. The van der Waals surface area contributed by atoms with Gasteiger partial charge in [-0.25, -0.2) is 14.8 Å². The highest BCUT2D eigenvalue weighted by molar-refractivity contribution is 5.89. The Hall–Kier alpha value is -2.34. The van der Waals surface area contributed by atoms with Crippen molar-refractivity contribution in [3.05, 3.63) is 41.0 Å². The van der Waals surface area contributed by atoms with Crippen molar-refractivity contribution in [3.8, 4) is 11.4 Å². The van der Waals surface area contributed by atoms with Gasteiger partial charge in [0.15, 0.2) is 11.5 Å². The highest BCUT2D eigenvalue weighted by Gasteiger charge is 2.24. The lowest BCUT2D eigenvalue weighted by molar-refractivity contribution is 0.0592. The molecule has 1 aliphatic heterocycles. The Labute approximate surface area is 122 Å². The van der Waals surface area contributed by atoms with Gasteiger partial charge >= 0.3 is 5.97 Å². The van der Waals surface area contributed by atoms with E-state index < -0.39 is 5.97 Å². The Morgan fingerprint density at radius 2 is 2.24 bits per heavy atom. The van der Waals surface area contributed by atoms with Crippen LogP contribution < -0.4 is 5.32 Å². The fraction of sp³-hybridized carbons (Fsp3) is 0.333. The maximum absolute atomic E-state index is 12.0. The summed E-state index contributed by atoms with van der Waals surface area (Å²) < 4.78 is 4.84. The zero-order valence-electron chi connectivity index (χ0n) is 12.0. The second-order valence-corrected chi connectivity index (χ2v) is 4.80. The Balaban J connectivity index is 2.18. The topological polar surface area (TPSA) is 77.0 Å². The molecule has 0 aliphatic carbocycles. The Morgan fingerprint density at radius 3 is 3.00 bits per heavy atom. The Bertz CT molecular complexity index is 700. The average Bonchev–Trinajstić information content (AvgIpc) is 3.01. The summed E-state index contributed by atoms with van der Waals surface area (Å²) >= 11 is 0. The molecule has 108 valence electrons. The SMILES string of the molecule is CCc1cnccc1-c1nc2c(c(C(=O)OC)n1)CNC2. The first-order chi connectivity index (χ1) is 10.2. The number of hydrogen-bond donors (Lipinski definition) is 1. The van der Waals surface area contributed by atoms with Crippen LogP contribution in [0, 0.1) is 0 Å². The van der Waals surface area contributed by atoms with Gasteiger partial charge in [-0.3, -0.25) is 4.98 Å². The van der Waals surface area contributed by atoms with Crippen molar-refractivity contribution in [3.63, 3.8) is 0 Å². The van der Waals surface area contributed by atoms with E-state index >= 15 is 0 Å². The lowest BCUT2D eigenvalue weighted by Crippen LogP contribution is -2.12. The predicted molar refractivity (Wildman–Crippen MR) is 76.5 cm³/mol. The molecule has 3 rings (SSSR count). The number of methoxy groups -OCH3 is 1. The largest absolute Gasteiger partial charge is 0.464 e. The van der Waals surface area contributed by atoms with Crippen molar-refractivity contribution in [2.24, 2.45) is 0 Å². The highest BCUT2D eigenvalue weighted by atomic mass is 16.5. The van der Waals surface area contributed by atoms with E-state index in [0.29, 0.717) is 24.6 Å². The molecular formula is C15H16N4O2. The van der Waals surface area contributed by atoms with Crippen molar-refractivity contribution in [1.29, 1.82) is 0 Å². The fourth-order valence-electron chi connectivity index (χ4n) is 2.48. The number of ether oxygens (including phenoxy) is 1. The van der Waals surface area contributed by atoms with Crippen molar-refractivity contribution in [2.75, 3.05) is 7.11 Å². The molecule has 0 radical (unpaired) electrons. The minimum Gasteiger partial charge on any atom is -0.464 e. The number of carbonyl (C=O) groups is 1. The summed E-state index contributed by atoms with van der Waals surface area (Å²) in [7, 11) is 1.36. The van der Waals surface area contributed by atoms with E-state index in [9.17, 15) is 4.79 Å². The van der Waals surface area contributed by atoms with Crippen molar-refractivity contribution >= 4 is 5.97 Å². The lowest BCUT2D eigenvalue weighted by Gasteiger charge is -2.10. The number of hydrogen-bond acceptors (Lipinski definition) is 6. The molecule has 0 fully saturated rings. The van der Waals surface area contributed by atoms with E-state index in [-0.39, 0.29) is 0 Å². The molecule has 0 aromatic carbocycles. The van der Waals surface area contributed by atoms with E-state index in [1.807, 2.05) is 12.3 Å². The zero-order valence-corrected chi connectivity index (χ0v) is 12.0. The van der Waals surface area contributed by atoms with Crippen LogP contribution in [0.1, 0.15) is 34.2 Å². The normalized spacial score (nSPS) is 13.0. The molecule has 0 saturated heterocycles. The molecule has 0 atom stereocenters. The van der Waals surface area contributed by atoms with Crippen molar-refractivity contribution in [1.82, 2.24) is 20.3 Å². The summed E-state index contributed by atoms with van der Waals surface area (Å²) in [4.78, 5) is 25.1. The minimum absolute atomic E-state index is 0.348. The number of rotatable bonds is 3. The van der Waals surface area contributed by atoms with Crippen LogP contribution in [0.5, 0.6) is 0 Å². The molecule has 1 aliphatic rings. The molecule has 0 unspecified atom stereocenters. The first-order valence-electron chi connectivity index (χ1n) is 6.86. The summed E-state index contributed by atoms with van der Waals surface area (Å²) in [6.07, 6.45) is 4.35. The van der Waals surface area contributed by atoms with Gasteiger partial charge in [0.05, 0.1) is 12.8 Å². The molecule has 1 N–H and O–H groups in total. The number of nitrogens with one attached hydrogen (secondary N) is 1. The highest BCUT2D eigenvalue weighted by Crippen LogP contribution is 2.25. The summed E-state index contributed by atoms with van der Waals surface area (Å²) in [6.45, 7) is 3.29. The van der Waals surface area contributed by atoms with E-state index in [1.165, 1.54) is 7.11 Å². The quantitative estimate of drug-likeness (QED) is 0.860. The summed E-state index contributed by atoms with van der Waals surface area (Å²) in [5.74, 6) is 0.128. The lowest BCUT2D eigenvalue weighted by atomic mass is 10.1. The number of nitrogens with zero attached hydrogens (tertiary/aromatic N) is 3. The second kappa shape index (κ2) is 5.57. The summed E-state index contributed by atoms with van der Waals surface area (Å²) in [5.41, 5.74) is 4.00. The molecule has 2 aromatic rings. The van der Waals surface area contributed by atoms with Crippen LogP contribution in [-0.4, -0.2) is 28.0 Å². The fourth-order valence-corrected chi connectivity index (χ4v) is 2.48. The molecule has 6 nitrogen and oxygen atoms in total. The van der Waals surface area contributed by atoms with Crippen LogP contribution in [0.2, 0.25) is 0 Å². The van der Waals surface area contributed by atoms with Crippen LogP contribution in [0.15, 0.2) is 18.5 Å². The van der Waals surface area contributed by atoms with Crippen LogP contribution in [-0.2, 0) is 24.2 Å². The van der Waals surface area contributed by atoms with Gasteiger partial charge in [-0.05, 0) is 18.1 Å². The van der Waals surface area contributed by atoms with Crippen molar-refractivity contribution < 1.29 is 9.53 Å². The van der Waals surface area contributed by atoms with Gasteiger partial charge in [-0.15, -0.1) is 0 Å². The van der Waals surface area contributed by atoms with Gasteiger partial charge in [-0.2, -0.15) is 0 Å². The molecule has 2 aromatic heterocycles. The molecule has 3 heterocycles. The average molecular weight is 284 g/mol. The van der Waals surface area contributed by atoms with E-state index in [2.05, 4.69) is 27.2 Å². The van der Waals surface area contributed by atoms with Crippen LogP contribution in [0.3, 0.4) is 0 Å². The number of esters is 1. The monoisotopic (exact) mass is 284 g/mol. The standard InChI is InChI=1S/C15H16N4O2/c1-3-9-6-16-5-4-10(9)14-18-12-8-17-7-11(12)13(19-14)15(20)21-2/h4-6,17H,3,7-8H2,1-2H3. The Morgan fingerprint density at radius 1 is 1.38 bits per heavy atom. The van der Waals surface area contributed by atoms with Gasteiger partial charge in [0.25, 0.3) is 0 Å². The third-order valence-corrected chi connectivity index (χ3v) is 3.59. The number of fused-ring (bicyclic) bond motifs is 1. The van der Waals surface area contributed by atoms with Gasteiger partial charge in [0, 0.05) is 36.6 Å². The first kappa shape index (κ1) is 13.6. The first-order valence-corrected chi connectivity index (χ1v) is 6.86. The number of aryl methyl sites for hydroxylation is 1. The van der Waals surface area contributed by atoms with Crippen molar-refractivity contribution in [2.45, 2.75) is 26.4 Å². The maximum Gasteiger partial charge on any atom is 0.357 e. The van der Waals surface area contributed by atoms with Crippen LogP contribution >= 0.6 is 0 Å². The van der Waals surface area contributed by atoms with Gasteiger partial charge in [-0.1, -0.05) is 6.92 Å². The third kappa shape index (κ3) is 2.38. The summed E-state index contributed by atoms with van der Waals surface area (Å²) in [5, 5.41) is 3.19. The number of aromatic nitrogens is 3. The summed E-state index contributed by atoms with van der Waals surface area (Å²) in [6, 6.07) is 1.88. The smallest absolute Gasteiger partial charge is 0.357 e. The predicted octanol–water partition coefficient (Wildman–Crippen LogP) is 1.49. The maximum atomic E-state index is 12.0. The molecule has 0 bridgehead atoms. The van der Waals surface area contributed by atoms with Gasteiger partial charge in [0.1, 0.15) is 0 Å². The number of carbonyl (C=O) groups excluding carboxylic acids is 1. The number of pyridine rings is 1. The second-order valence-electron chi connectivity index (χ2n) is 4.80. The Kier molecular flexibility index (Phi) is 3.62. The van der Waals surface area contributed by atoms with Gasteiger partial charge < -0.3 is 10.1 Å². The third-order valence-electron chi connectivity index (χ3n) is 3.59. The molecule has 0 saturated carbocycles. The molecular weight excluding hydrogens is 268 g/mol. The molecule has 0 spiro atoms. The van der Waals surface area contributed by atoms with E-state index in [4.69, 9.17) is 4.74 Å². The van der Waals surface area contributed by atoms with E-state index in [1.54, 1.807) is 6.20 Å². The van der Waals surface area contributed by atoms with Crippen LogP contribution in [0.4, 0.5) is 0 Å². The molecule has 0 amide bonds. The molecule has 6 heteroatoms. The molecule has 21 heavy (non-hydrogen) atoms. The van der Waals surface area contributed by atoms with Gasteiger partial charge in [0.2, 0.25) is 0 Å².